The van der Waals surface area contributed by atoms with Gasteiger partial charge in [-0.05, 0) is 31.2 Å². The number of alkyl halides is 2. The third kappa shape index (κ3) is 4.86. The summed E-state index contributed by atoms with van der Waals surface area (Å²) in [6.45, 7) is -0.981. The van der Waals surface area contributed by atoms with Crippen LogP contribution in [-0.4, -0.2) is 23.7 Å². The van der Waals surface area contributed by atoms with Crippen molar-refractivity contribution in [1.82, 2.24) is 0 Å². The van der Waals surface area contributed by atoms with Crippen molar-refractivity contribution in [3.05, 3.63) is 24.3 Å². The molecule has 4 N–H and O–H groups in total. The van der Waals surface area contributed by atoms with Crippen LogP contribution >= 0.6 is 0 Å². The third-order valence-corrected chi connectivity index (χ3v) is 2.14. The second-order valence-corrected chi connectivity index (χ2v) is 3.74. The van der Waals surface area contributed by atoms with E-state index in [-0.39, 0.29) is 17.6 Å². The summed E-state index contributed by atoms with van der Waals surface area (Å²) in [6, 6.07) is 6.04. The van der Waals surface area contributed by atoms with Gasteiger partial charge in [0, 0.05) is 18.2 Å². The monoisotopic (exact) mass is 259 g/mol. The van der Waals surface area contributed by atoms with Crippen molar-refractivity contribution in [2.75, 3.05) is 5.32 Å². The van der Waals surface area contributed by atoms with Gasteiger partial charge in [0.25, 0.3) is 0 Å². The van der Waals surface area contributed by atoms with E-state index in [1.165, 1.54) is 12.1 Å². The Morgan fingerprint density at radius 2 is 2.06 bits per heavy atom. The van der Waals surface area contributed by atoms with Crippen LogP contribution in [-0.2, 0) is 0 Å². The van der Waals surface area contributed by atoms with Crippen LogP contribution in [0.5, 0.6) is 5.75 Å². The molecule has 5 nitrogen and oxygen atoms in total. The van der Waals surface area contributed by atoms with Gasteiger partial charge in [-0.15, -0.1) is 0 Å². The van der Waals surface area contributed by atoms with Crippen molar-refractivity contribution in [1.29, 1.82) is 0 Å². The third-order valence-electron chi connectivity index (χ3n) is 2.14. The van der Waals surface area contributed by atoms with E-state index in [2.05, 4.69) is 15.2 Å². The number of nitrogens with zero attached hydrogens (tertiary/aromatic N) is 1. The normalized spacial score (nSPS) is 13.4. The van der Waals surface area contributed by atoms with E-state index in [1.54, 1.807) is 12.1 Å². The van der Waals surface area contributed by atoms with Crippen molar-refractivity contribution >= 4 is 11.5 Å². The van der Waals surface area contributed by atoms with E-state index in [4.69, 9.17) is 10.9 Å². The second-order valence-electron chi connectivity index (χ2n) is 3.74. The summed E-state index contributed by atoms with van der Waals surface area (Å²) in [5.41, 5.74) is 6.09. The van der Waals surface area contributed by atoms with Crippen molar-refractivity contribution in [2.45, 2.75) is 26.0 Å². The molecule has 0 amide bonds. The predicted octanol–water partition coefficient (Wildman–Crippen LogP) is 2.22. The van der Waals surface area contributed by atoms with Gasteiger partial charge in [-0.25, -0.2) is 0 Å². The molecule has 1 aromatic rings. The first-order valence-electron chi connectivity index (χ1n) is 5.29. The Balaban J connectivity index is 2.53. The van der Waals surface area contributed by atoms with Crippen LogP contribution < -0.4 is 15.8 Å². The fourth-order valence-corrected chi connectivity index (χ4v) is 1.42. The molecule has 0 radical (unpaired) electrons. The molecule has 1 unspecified atom stereocenters. The Hall–Kier alpha value is -2.05. The molecule has 0 aliphatic rings. The first kappa shape index (κ1) is 14.0. The topological polar surface area (TPSA) is 79.9 Å². The molecule has 18 heavy (non-hydrogen) atoms. The second kappa shape index (κ2) is 6.63. The van der Waals surface area contributed by atoms with Gasteiger partial charge in [0.2, 0.25) is 0 Å². The van der Waals surface area contributed by atoms with Gasteiger partial charge in [0.1, 0.15) is 11.6 Å². The minimum atomic E-state index is -2.83. The lowest BCUT2D eigenvalue weighted by Gasteiger charge is -2.14. The van der Waals surface area contributed by atoms with Crippen LogP contribution in [0.4, 0.5) is 14.5 Å². The minimum absolute atomic E-state index is 0.0530. The number of anilines is 1. The van der Waals surface area contributed by atoms with Crippen LogP contribution in [0.3, 0.4) is 0 Å². The highest BCUT2D eigenvalue weighted by Gasteiger charge is 2.06. The molecule has 0 saturated heterocycles. The molecule has 0 aliphatic heterocycles. The minimum Gasteiger partial charge on any atom is -0.435 e. The van der Waals surface area contributed by atoms with Gasteiger partial charge in [-0.3, -0.25) is 0 Å². The molecule has 0 aromatic heterocycles. The van der Waals surface area contributed by atoms with E-state index in [0.29, 0.717) is 6.42 Å². The number of nitrogens with one attached hydrogen (secondary N) is 1. The van der Waals surface area contributed by atoms with E-state index >= 15 is 0 Å². The zero-order chi connectivity index (χ0) is 13.5. The van der Waals surface area contributed by atoms with E-state index in [1.807, 2.05) is 6.92 Å². The van der Waals surface area contributed by atoms with Crippen molar-refractivity contribution in [3.8, 4) is 5.75 Å². The number of oxime groups is 1. The maximum atomic E-state index is 11.9. The highest BCUT2D eigenvalue weighted by atomic mass is 19.3. The van der Waals surface area contributed by atoms with Crippen molar-refractivity contribution < 1.29 is 18.7 Å². The van der Waals surface area contributed by atoms with Crippen LogP contribution in [0.1, 0.15) is 13.3 Å². The largest absolute Gasteiger partial charge is 0.435 e. The lowest BCUT2D eigenvalue weighted by Crippen LogP contribution is -2.24. The number of rotatable bonds is 6. The Kier molecular flexibility index (Phi) is 5.16. The van der Waals surface area contributed by atoms with E-state index in [9.17, 15) is 8.78 Å². The summed E-state index contributed by atoms with van der Waals surface area (Å²) < 4.78 is 28.1. The Bertz CT molecular complexity index is 396. The lowest BCUT2D eigenvalue weighted by molar-refractivity contribution is -0.0498. The molecule has 0 aliphatic carbocycles. The molecule has 0 bridgehead atoms. The quantitative estimate of drug-likeness (QED) is 0.317. The molecule has 1 aromatic carbocycles. The number of ether oxygens (including phenoxy) is 1. The number of hydrogen-bond acceptors (Lipinski definition) is 4. The molecular formula is C11H15F2N3O2. The first-order valence-corrected chi connectivity index (χ1v) is 5.29. The molecule has 7 heteroatoms. The summed E-state index contributed by atoms with van der Waals surface area (Å²) in [4.78, 5) is 0. The number of halogens is 2. The highest BCUT2D eigenvalue weighted by molar-refractivity contribution is 5.80. The number of nitrogens with two attached hydrogens (primary N) is 1. The molecule has 0 saturated carbocycles. The Morgan fingerprint density at radius 3 is 2.56 bits per heavy atom. The average Bonchev–Trinajstić information content (AvgIpc) is 2.30. The lowest BCUT2D eigenvalue weighted by atomic mass is 10.2. The van der Waals surface area contributed by atoms with Crippen molar-refractivity contribution in [2.24, 2.45) is 10.9 Å². The first-order chi connectivity index (χ1) is 8.51. The fourth-order valence-electron chi connectivity index (χ4n) is 1.42. The molecule has 0 fully saturated rings. The predicted molar refractivity (Wildman–Crippen MR) is 64.2 cm³/mol. The van der Waals surface area contributed by atoms with Crippen LogP contribution in [0.2, 0.25) is 0 Å². The molecular weight excluding hydrogens is 244 g/mol. The summed E-state index contributed by atoms with van der Waals surface area (Å²) >= 11 is 0. The van der Waals surface area contributed by atoms with Gasteiger partial charge >= 0.3 is 6.61 Å². The fraction of sp³-hybridized carbons (Fsp3) is 0.364. The Morgan fingerprint density at radius 1 is 1.44 bits per heavy atom. The van der Waals surface area contributed by atoms with E-state index in [0.717, 1.165) is 5.69 Å². The zero-order valence-corrected chi connectivity index (χ0v) is 9.81. The van der Waals surface area contributed by atoms with Crippen molar-refractivity contribution in [3.63, 3.8) is 0 Å². The van der Waals surface area contributed by atoms with Crippen LogP contribution in [0.15, 0.2) is 29.4 Å². The molecule has 0 spiro atoms. The molecule has 0 heterocycles. The summed E-state index contributed by atoms with van der Waals surface area (Å²) in [6.07, 6.45) is 0.367. The highest BCUT2D eigenvalue weighted by Crippen LogP contribution is 2.18. The van der Waals surface area contributed by atoms with Gasteiger partial charge < -0.3 is 21.0 Å². The van der Waals surface area contributed by atoms with E-state index < -0.39 is 6.61 Å². The maximum Gasteiger partial charge on any atom is 0.387 e. The van der Waals surface area contributed by atoms with Gasteiger partial charge in [-0.1, -0.05) is 5.16 Å². The summed E-state index contributed by atoms with van der Waals surface area (Å²) in [7, 11) is 0. The SMILES string of the molecule is CC(CC(N)=NO)Nc1ccc(OC(F)F)cc1. The Labute approximate surface area is 103 Å². The molecule has 100 valence electrons. The van der Waals surface area contributed by atoms with Gasteiger partial charge in [0.05, 0.1) is 0 Å². The number of hydrogen-bond donors (Lipinski definition) is 3. The van der Waals surface area contributed by atoms with Gasteiger partial charge in [0.15, 0.2) is 0 Å². The average molecular weight is 259 g/mol. The standard InChI is InChI=1S/C11H15F2N3O2/c1-7(6-10(14)16-17)15-8-2-4-9(5-3-8)18-11(12)13/h2-5,7,11,15,17H,6H2,1H3,(H2,14,16). The van der Waals surface area contributed by atoms with Gasteiger partial charge in [-0.2, -0.15) is 8.78 Å². The van der Waals surface area contributed by atoms with Crippen LogP contribution in [0.25, 0.3) is 0 Å². The molecule has 1 atom stereocenters. The number of benzene rings is 1. The summed E-state index contributed by atoms with van der Waals surface area (Å²) in [5.74, 6) is 0.215. The van der Waals surface area contributed by atoms with Crippen LogP contribution in [0, 0.1) is 0 Å². The smallest absolute Gasteiger partial charge is 0.387 e. The summed E-state index contributed by atoms with van der Waals surface area (Å²) in [5, 5.41) is 14.4. The number of amidine groups is 1. The molecule has 1 rings (SSSR count). The zero-order valence-electron chi connectivity index (χ0n) is 9.81. The maximum absolute atomic E-state index is 11.9.